The Bertz CT molecular complexity index is 1060. The van der Waals surface area contributed by atoms with Crippen LogP contribution in [0.5, 0.6) is 11.5 Å². The topological polar surface area (TPSA) is 88.3 Å². The summed E-state index contributed by atoms with van der Waals surface area (Å²) in [5.74, 6) is 1.79. The monoisotopic (exact) mass is 392 g/mol. The van der Waals surface area contributed by atoms with Crippen LogP contribution in [0.25, 0.3) is 11.3 Å². The van der Waals surface area contributed by atoms with Gasteiger partial charge < -0.3 is 25.1 Å². The van der Waals surface area contributed by atoms with Gasteiger partial charge in [0.1, 0.15) is 0 Å². The van der Waals surface area contributed by atoms with Gasteiger partial charge in [-0.3, -0.25) is 4.79 Å². The number of fused-ring (bicyclic) bond motifs is 3. The number of nitrogens with one attached hydrogen (secondary N) is 3. The summed E-state index contributed by atoms with van der Waals surface area (Å²) in [7, 11) is 3.20. The van der Waals surface area contributed by atoms with Crippen LogP contribution in [0.2, 0.25) is 0 Å². The fraction of sp³-hybridized carbons (Fsp3) is 0.273. The third-order valence-electron chi connectivity index (χ3n) is 4.91. The number of ether oxygens (including phenoxy) is 2. The molecule has 4 rings (SSSR count). The number of hydrogen-bond acceptors (Lipinski definition) is 5. The molecule has 0 saturated heterocycles. The van der Waals surface area contributed by atoms with Crippen LogP contribution in [0.4, 0.5) is 17.3 Å². The molecule has 3 N–H and O–H groups in total. The second-order valence-corrected chi connectivity index (χ2v) is 6.96. The molecule has 3 aromatic rings. The van der Waals surface area contributed by atoms with Gasteiger partial charge in [0.05, 0.1) is 37.7 Å². The molecule has 2 heterocycles. The number of hydrogen-bond donors (Lipinski definition) is 3. The molecule has 0 bridgehead atoms. The minimum Gasteiger partial charge on any atom is -0.493 e. The Morgan fingerprint density at radius 2 is 1.93 bits per heavy atom. The number of carbonyl (C=O) groups is 1. The third kappa shape index (κ3) is 3.76. The van der Waals surface area contributed by atoms with Crippen molar-refractivity contribution in [2.75, 3.05) is 24.9 Å². The van der Waals surface area contributed by atoms with Crippen molar-refractivity contribution in [2.24, 2.45) is 0 Å². The van der Waals surface area contributed by atoms with Crippen LogP contribution in [0.15, 0.2) is 36.4 Å². The summed E-state index contributed by atoms with van der Waals surface area (Å²) in [6.45, 7) is 2.14. The zero-order chi connectivity index (χ0) is 20.4. The molecule has 1 aliphatic heterocycles. The number of aromatic nitrogens is 2. The van der Waals surface area contributed by atoms with Gasteiger partial charge in [-0.05, 0) is 30.2 Å². The van der Waals surface area contributed by atoms with E-state index in [1.807, 2.05) is 30.3 Å². The standard InChI is InChI=1S/C22H24N4O3/c1-4-5-13-6-8-15-16(10-13)24-20(27)12-17-21(15)26-22(25-17)23-14-7-9-18(28-2)19(11-14)29-3/h6-11H,4-5,12H2,1-3H3,(H,24,27)(H2,23,25,26). The molecular formula is C22H24N4O3. The molecule has 0 spiro atoms. The maximum atomic E-state index is 12.4. The molecule has 0 saturated carbocycles. The van der Waals surface area contributed by atoms with Gasteiger partial charge in [-0.1, -0.05) is 25.5 Å². The molecule has 0 unspecified atom stereocenters. The maximum absolute atomic E-state index is 12.4. The predicted octanol–water partition coefficient (Wildman–Crippen LogP) is 4.28. The van der Waals surface area contributed by atoms with Crippen molar-refractivity contribution in [1.82, 2.24) is 9.97 Å². The zero-order valence-corrected chi connectivity index (χ0v) is 16.8. The van der Waals surface area contributed by atoms with Crippen molar-refractivity contribution in [3.05, 3.63) is 47.7 Å². The van der Waals surface area contributed by atoms with Gasteiger partial charge in [-0.25, -0.2) is 4.98 Å². The first-order valence-electron chi connectivity index (χ1n) is 9.62. The van der Waals surface area contributed by atoms with E-state index in [0.717, 1.165) is 41.2 Å². The Balaban J connectivity index is 1.68. The van der Waals surface area contributed by atoms with Gasteiger partial charge in [0, 0.05) is 17.3 Å². The van der Waals surface area contributed by atoms with Crippen molar-refractivity contribution in [1.29, 1.82) is 0 Å². The van der Waals surface area contributed by atoms with E-state index in [1.165, 1.54) is 5.56 Å². The number of benzene rings is 2. The van der Waals surface area contributed by atoms with Crippen molar-refractivity contribution in [3.63, 3.8) is 0 Å². The van der Waals surface area contributed by atoms with Crippen molar-refractivity contribution >= 4 is 23.2 Å². The van der Waals surface area contributed by atoms with Gasteiger partial charge in [0.2, 0.25) is 11.9 Å². The number of anilines is 3. The fourth-order valence-electron chi connectivity index (χ4n) is 3.57. The first kappa shape index (κ1) is 18.9. The largest absolute Gasteiger partial charge is 0.493 e. The minimum absolute atomic E-state index is 0.0556. The highest BCUT2D eigenvalue weighted by molar-refractivity contribution is 6.00. The molecule has 1 aromatic heterocycles. The molecule has 0 fully saturated rings. The molecular weight excluding hydrogens is 368 g/mol. The fourth-order valence-corrected chi connectivity index (χ4v) is 3.57. The minimum atomic E-state index is -0.0556. The Morgan fingerprint density at radius 3 is 2.69 bits per heavy atom. The van der Waals surface area contributed by atoms with Crippen LogP contribution >= 0.6 is 0 Å². The van der Waals surface area contributed by atoms with E-state index in [1.54, 1.807) is 14.2 Å². The molecule has 0 atom stereocenters. The smallest absolute Gasteiger partial charge is 0.230 e. The van der Waals surface area contributed by atoms with Gasteiger partial charge in [0.15, 0.2) is 11.5 Å². The van der Waals surface area contributed by atoms with E-state index in [2.05, 4.69) is 28.6 Å². The number of aryl methyl sites for hydroxylation is 1. The summed E-state index contributed by atoms with van der Waals surface area (Å²) in [4.78, 5) is 20.4. The van der Waals surface area contributed by atoms with Crippen molar-refractivity contribution in [2.45, 2.75) is 26.2 Å². The number of carbonyl (C=O) groups excluding carboxylic acids is 1. The quantitative estimate of drug-likeness (QED) is 0.583. The number of nitrogens with zero attached hydrogens (tertiary/aromatic N) is 1. The molecule has 7 nitrogen and oxygen atoms in total. The lowest BCUT2D eigenvalue weighted by molar-refractivity contribution is -0.115. The number of imidazole rings is 1. The highest BCUT2D eigenvalue weighted by Gasteiger charge is 2.23. The summed E-state index contributed by atoms with van der Waals surface area (Å²) in [6, 6.07) is 11.7. The molecule has 1 aliphatic rings. The second-order valence-electron chi connectivity index (χ2n) is 6.96. The van der Waals surface area contributed by atoms with E-state index in [0.29, 0.717) is 17.4 Å². The third-order valence-corrected chi connectivity index (χ3v) is 4.91. The van der Waals surface area contributed by atoms with E-state index in [4.69, 9.17) is 14.5 Å². The molecule has 29 heavy (non-hydrogen) atoms. The van der Waals surface area contributed by atoms with Crippen LogP contribution in [-0.2, 0) is 17.6 Å². The summed E-state index contributed by atoms with van der Waals surface area (Å²) in [5, 5.41) is 6.25. The number of amides is 1. The highest BCUT2D eigenvalue weighted by atomic mass is 16.5. The van der Waals surface area contributed by atoms with Crippen molar-refractivity contribution in [3.8, 4) is 22.8 Å². The van der Waals surface area contributed by atoms with Crippen LogP contribution in [0.3, 0.4) is 0 Å². The van der Waals surface area contributed by atoms with Crippen LogP contribution in [0.1, 0.15) is 24.6 Å². The Kier molecular flexibility index (Phi) is 5.12. The summed E-state index contributed by atoms with van der Waals surface area (Å²) < 4.78 is 10.6. The lowest BCUT2D eigenvalue weighted by Gasteiger charge is -2.10. The average molecular weight is 392 g/mol. The number of methoxy groups -OCH3 is 2. The molecule has 0 radical (unpaired) electrons. The Hall–Kier alpha value is -3.48. The maximum Gasteiger partial charge on any atom is 0.230 e. The lowest BCUT2D eigenvalue weighted by atomic mass is 10.0. The summed E-state index contributed by atoms with van der Waals surface area (Å²) >= 11 is 0. The molecule has 1 amide bonds. The average Bonchev–Trinajstić information content (AvgIpc) is 3.04. The molecule has 0 aliphatic carbocycles. The number of aromatic amines is 1. The molecule has 150 valence electrons. The van der Waals surface area contributed by atoms with E-state index in [9.17, 15) is 4.79 Å². The zero-order valence-electron chi connectivity index (χ0n) is 16.8. The Labute approximate surface area is 169 Å². The lowest BCUT2D eigenvalue weighted by Crippen LogP contribution is -2.13. The predicted molar refractivity (Wildman–Crippen MR) is 113 cm³/mol. The van der Waals surface area contributed by atoms with E-state index in [-0.39, 0.29) is 12.3 Å². The number of H-pyrrole nitrogens is 1. The van der Waals surface area contributed by atoms with E-state index < -0.39 is 0 Å². The van der Waals surface area contributed by atoms with Gasteiger partial charge in [-0.2, -0.15) is 0 Å². The summed E-state index contributed by atoms with van der Waals surface area (Å²) in [6.07, 6.45) is 2.27. The summed E-state index contributed by atoms with van der Waals surface area (Å²) in [5.41, 5.74) is 5.30. The van der Waals surface area contributed by atoms with Crippen LogP contribution in [-0.4, -0.2) is 30.1 Å². The first-order chi connectivity index (χ1) is 14.1. The van der Waals surface area contributed by atoms with E-state index >= 15 is 0 Å². The van der Waals surface area contributed by atoms with Crippen LogP contribution < -0.4 is 20.1 Å². The molecule has 2 aromatic carbocycles. The highest BCUT2D eigenvalue weighted by Crippen LogP contribution is 2.35. The van der Waals surface area contributed by atoms with Gasteiger partial charge >= 0.3 is 0 Å². The van der Waals surface area contributed by atoms with Gasteiger partial charge in [-0.15, -0.1) is 0 Å². The SMILES string of the molecule is CCCc1ccc2c(c1)NC(=O)Cc1[nH]c(Nc3ccc(OC)c(OC)c3)nc1-2. The first-order valence-corrected chi connectivity index (χ1v) is 9.62. The van der Waals surface area contributed by atoms with Crippen LogP contribution in [0, 0.1) is 0 Å². The normalized spacial score (nSPS) is 12.4. The second kappa shape index (κ2) is 7.87. The molecule has 7 heteroatoms. The Morgan fingerprint density at radius 1 is 1.10 bits per heavy atom. The van der Waals surface area contributed by atoms with Gasteiger partial charge in [0.25, 0.3) is 0 Å². The number of rotatable bonds is 6. The van der Waals surface area contributed by atoms with Crippen molar-refractivity contribution < 1.29 is 14.3 Å².